The van der Waals surface area contributed by atoms with Crippen LogP contribution in [0.4, 0.5) is 5.69 Å². The first kappa shape index (κ1) is 14.5. The van der Waals surface area contributed by atoms with Crippen molar-refractivity contribution in [3.05, 3.63) is 40.7 Å². The number of aromatic nitrogens is 2. The minimum atomic E-state index is -3.62. The summed E-state index contributed by atoms with van der Waals surface area (Å²) in [6.07, 6.45) is 1.57. The molecule has 7 heteroatoms. The van der Waals surface area contributed by atoms with Gasteiger partial charge in [0.05, 0.1) is 17.1 Å². The highest BCUT2D eigenvalue weighted by Gasteiger charge is 2.22. The second-order valence-corrected chi connectivity index (χ2v) is 6.47. The van der Waals surface area contributed by atoms with Gasteiger partial charge in [0.25, 0.3) is 0 Å². The standard InChI is InChI=1S/C13H18N4O2S/c1-8-6-12(14)10(3)13(9(8)2)20(18,19)16-7-11-4-5-15-17-11/h4-6,16H,7,14H2,1-3H3,(H,15,17). The van der Waals surface area contributed by atoms with Gasteiger partial charge in [-0.25, -0.2) is 13.1 Å². The summed E-state index contributed by atoms with van der Waals surface area (Å²) < 4.78 is 27.5. The molecule has 0 saturated carbocycles. The number of hydrogen-bond donors (Lipinski definition) is 3. The Morgan fingerprint density at radius 1 is 1.30 bits per heavy atom. The summed E-state index contributed by atoms with van der Waals surface area (Å²) in [5.74, 6) is 0. The van der Waals surface area contributed by atoms with Gasteiger partial charge in [0.1, 0.15) is 0 Å². The fourth-order valence-corrected chi connectivity index (χ4v) is 3.65. The van der Waals surface area contributed by atoms with E-state index in [1.54, 1.807) is 32.2 Å². The second kappa shape index (κ2) is 5.26. The minimum Gasteiger partial charge on any atom is -0.398 e. The third-order valence-electron chi connectivity index (χ3n) is 3.36. The van der Waals surface area contributed by atoms with Crippen LogP contribution in [-0.4, -0.2) is 18.6 Å². The zero-order chi connectivity index (χ0) is 14.9. The lowest BCUT2D eigenvalue weighted by molar-refractivity contribution is 0.579. The van der Waals surface area contributed by atoms with Crippen molar-refractivity contribution in [1.29, 1.82) is 0 Å². The van der Waals surface area contributed by atoms with Crippen LogP contribution in [0.15, 0.2) is 23.2 Å². The van der Waals surface area contributed by atoms with Crippen molar-refractivity contribution in [3.63, 3.8) is 0 Å². The van der Waals surface area contributed by atoms with Crippen LogP contribution in [0, 0.1) is 20.8 Å². The average molecular weight is 294 g/mol. The van der Waals surface area contributed by atoms with Crippen molar-refractivity contribution in [1.82, 2.24) is 14.9 Å². The van der Waals surface area contributed by atoms with Gasteiger partial charge in [-0.05, 0) is 49.6 Å². The van der Waals surface area contributed by atoms with Crippen LogP contribution in [0.25, 0.3) is 0 Å². The van der Waals surface area contributed by atoms with Crippen LogP contribution < -0.4 is 10.5 Å². The van der Waals surface area contributed by atoms with Gasteiger partial charge in [-0.3, -0.25) is 5.10 Å². The van der Waals surface area contributed by atoms with Gasteiger partial charge in [0, 0.05) is 11.9 Å². The normalized spacial score (nSPS) is 11.8. The van der Waals surface area contributed by atoms with Crippen molar-refractivity contribution >= 4 is 15.7 Å². The first-order chi connectivity index (χ1) is 9.33. The number of hydrogen-bond acceptors (Lipinski definition) is 4. The lowest BCUT2D eigenvalue weighted by Crippen LogP contribution is -2.25. The molecule has 6 nitrogen and oxygen atoms in total. The smallest absolute Gasteiger partial charge is 0.241 e. The van der Waals surface area contributed by atoms with E-state index < -0.39 is 10.0 Å². The first-order valence-electron chi connectivity index (χ1n) is 6.17. The lowest BCUT2D eigenvalue weighted by atomic mass is 10.1. The van der Waals surface area contributed by atoms with E-state index in [-0.39, 0.29) is 11.4 Å². The van der Waals surface area contributed by atoms with Gasteiger partial charge in [0.2, 0.25) is 10.0 Å². The number of nitrogens with zero attached hydrogens (tertiary/aromatic N) is 1. The maximum absolute atomic E-state index is 12.5. The number of H-pyrrole nitrogens is 1. The number of nitrogens with one attached hydrogen (secondary N) is 2. The highest BCUT2D eigenvalue weighted by Crippen LogP contribution is 2.27. The third-order valence-corrected chi connectivity index (χ3v) is 5.03. The molecule has 0 fully saturated rings. The molecule has 0 atom stereocenters. The monoisotopic (exact) mass is 294 g/mol. The second-order valence-electron chi connectivity index (χ2n) is 4.77. The molecule has 1 aromatic heterocycles. The summed E-state index contributed by atoms with van der Waals surface area (Å²) in [4.78, 5) is 0.259. The Morgan fingerprint density at radius 3 is 2.60 bits per heavy atom. The molecule has 20 heavy (non-hydrogen) atoms. The molecule has 0 bridgehead atoms. The van der Waals surface area contributed by atoms with Crippen molar-refractivity contribution in [2.24, 2.45) is 0 Å². The number of rotatable bonds is 4. The number of sulfonamides is 1. The molecule has 2 rings (SSSR count). The Balaban J connectivity index is 2.39. The molecule has 0 saturated heterocycles. The maximum Gasteiger partial charge on any atom is 0.241 e. The van der Waals surface area contributed by atoms with E-state index in [9.17, 15) is 8.42 Å². The Kier molecular flexibility index (Phi) is 3.82. The largest absolute Gasteiger partial charge is 0.398 e. The van der Waals surface area contributed by atoms with Crippen molar-refractivity contribution in [2.75, 3.05) is 5.73 Å². The summed E-state index contributed by atoms with van der Waals surface area (Å²) in [7, 11) is -3.62. The fourth-order valence-electron chi connectivity index (χ4n) is 2.07. The molecule has 1 heterocycles. The predicted octanol–water partition coefficient (Wildman–Crippen LogP) is 1.40. The van der Waals surface area contributed by atoms with E-state index in [4.69, 9.17) is 5.73 Å². The Labute approximate surface area is 118 Å². The van der Waals surface area contributed by atoms with E-state index in [1.165, 1.54) is 0 Å². The van der Waals surface area contributed by atoms with Gasteiger partial charge >= 0.3 is 0 Å². The van der Waals surface area contributed by atoms with E-state index >= 15 is 0 Å². The molecular formula is C13H18N4O2S. The molecule has 0 aliphatic heterocycles. The molecule has 0 amide bonds. The van der Waals surface area contributed by atoms with Gasteiger partial charge in [-0.2, -0.15) is 5.10 Å². The van der Waals surface area contributed by atoms with Gasteiger partial charge < -0.3 is 5.73 Å². The summed E-state index contributed by atoms with van der Waals surface area (Å²) in [6, 6.07) is 3.51. The summed E-state index contributed by atoms with van der Waals surface area (Å²) in [6.45, 7) is 5.51. The van der Waals surface area contributed by atoms with Crippen LogP contribution >= 0.6 is 0 Å². The van der Waals surface area contributed by atoms with E-state index in [1.807, 2.05) is 6.92 Å². The zero-order valence-electron chi connectivity index (χ0n) is 11.7. The molecule has 0 unspecified atom stereocenters. The Bertz CT molecular complexity index is 695. The van der Waals surface area contributed by atoms with Gasteiger partial charge in [-0.1, -0.05) is 0 Å². The van der Waals surface area contributed by atoms with Gasteiger partial charge in [-0.15, -0.1) is 0 Å². The molecule has 108 valence electrons. The third kappa shape index (κ3) is 2.68. The summed E-state index contributed by atoms with van der Waals surface area (Å²) >= 11 is 0. The topological polar surface area (TPSA) is 101 Å². The fraction of sp³-hybridized carbons (Fsp3) is 0.308. The summed E-state index contributed by atoms with van der Waals surface area (Å²) in [5.41, 5.74) is 9.20. The molecule has 2 aromatic rings. The zero-order valence-corrected chi connectivity index (χ0v) is 12.5. The average Bonchev–Trinajstić information content (AvgIpc) is 2.87. The maximum atomic E-state index is 12.5. The first-order valence-corrected chi connectivity index (χ1v) is 7.65. The van der Waals surface area contributed by atoms with Crippen molar-refractivity contribution < 1.29 is 8.42 Å². The molecular weight excluding hydrogens is 276 g/mol. The highest BCUT2D eigenvalue weighted by molar-refractivity contribution is 7.89. The van der Waals surface area contributed by atoms with Crippen LogP contribution in [-0.2, 0) is 16.6 Å². The molecule has 0 aliphatic carbocycles. The highest BCUT2D eigenvalue weighted by atomic mass is 32.2. The number of nitrogen functional groups attached to an aromatic ring is 1. The molecule has 0 spiro atoms. The molecule has 0 aliphatic rings. The Hall–Kier alpha value is -1.86. The molecule has 4 N–H and O–H groups in total. The summed E-state index contributed by atoms with van der Waals surface area (Å²) in [5, 5.41) is 6.49. The molecule has 1 aromatic carbocycles. The number of aryl methyl sites for hydroxylation is 1. The van der Waals surface area contributed by atoms with Crippen LogP contribution in [0.2, 0.25) is 0 Å². The molecule has 0 radical (unpaired) electrons. The van der Waals surface area contributed by atoms with Crippen LogP contribution in [0.5, 0.6) is 0 Å². The number of aromatic amines is 1. The quantitative estimate of drug-likeness (QED) is 0.742. The van der Waals surface area contributed by atoms with Gasteiger partial charge in [0.15, 0.2) is 0 Å². The minimum absolute atomic E-state index is 0.162. The van der Waals surface area contributed by atoms with E-state index in [0.717, 1.165) is 5.56 Å². The predicted molar refractivity (Wildman–Crippen MR) is 77.7 cm³/mol. The van der Waals surface area contributed by atoms with E-state index in [0.29, 0.717) is 22.5 Å². The number of nitrogens with two attached hydrogens (primary N) is 1. The number of benzene rings is 1. The van der Waals surface area contributed by atoms with Crippen molar-refractivity contribution in [2.45, 2.75) is 32.2 Å². The van der Waals surface area contributed by atoms with Crippen LogP contribution in [0.3, 0.4) is 0 Å². The number of anilines is 1. The lowest BCUT2D eigenvalue weighted by Gasteiger charge is -2.15. The van der Waals surface area contributed by atoms with Crippen LogP contribution in [0.1, 0.15) is 22.4 Å². The van der Waals surface area contributed by atoms with E-state index in [2.05, 4.69) is 14.9 Å². The van der Waals surface area contributed by atoms with Crippen molar-refractivity contribution in [3.8, 4) is 0 Å². The Morgan fingerprint density at radius 2 is 2.00 bits per heavy atom. The SMILES string of the molecule is Cc1cc(N)c(C)c(S(=O)(=O)NCc2ccn[nH]2)c1C.